The van der Waals surface area contributed by atoms with Crippen molar-refractivity contribution in [3.63, 3.8) is 0 Å². The summed E-state index contributed by atoms with van der Waals surface area (Å²) in [7, 11) is 0. The first-order valence-corrected chi connectivity index (χ1v) is 15.1. The SMILES string of the molecule is O=C(O)c1cccnc1SCC1CC(c2ccc(CO)cc2)OC(c2cccc(NC(=O)C3CCCN3C(=O)C(F)(F)F)c2)O1. The van der Waals surface area contributed by atoms with Crippen LogP contribution in [0, 0.1) is 0 Å². The van der Waals surface area contributed by atoms with E-state index in [2.05, 4.69) is 10.3 Å². The van der Waals surface area contributed by atoms with E-state index in [0.717, 1.165) is 11.1 Å². The third-order valence-electron chi connectivity index (χ3n) is 7.51. The molecule has 0 bridgehead atoms. The highest BCUT2D eigenvalue weighted by molar-refractivity contribution is 7.99. The molecule has 2 aromatic carbocycles. The minimum Gasteiger partial charge on any atom is -0.478 e. The van der Waals surface area contributed by atoms with Gasteiger partial charge >= 0.3 is 18.1 Å². The molecule has 238 valence electrons. The number of aromatic carboxylic acids is 1. The number of likely N-dealkylation sites (tertiary alicyclic amines) is 1. The number of benzene rings is 2. The van der Waals surface area contributed by atoms with Gasteiger partial charge in [0.15, 0.2) is 6.29 Å². The molecule has 0 aliphatic carbocycles. The number of ether oxygens (including phenoxy) is 2. The Bertz CT molecular complexity index is 1540. The normalized spacial score (nSPS) is 21.8. The number of nitrogens with zero attached hydrogens (tertiary/aromatic N) is 2. The fourth-order valence-corrected chi connectivity index (χ4v) is 6.30. The van der Waals surface area contributed by atoms with Crippen molar-refractivity contribution in [1.82, 2.24) is 9.88 Å². The topological polar surface area (TPSA) is 138 Å². The number of nitrogens with one attached hydrogen (secondary N) is 1. The molecule has 0 radical (unpaired) electrons. The van der Waals surface area contributed by atoms with Crippen molar-refractivity contribution in [3.05, 3.63) is 89.1 Å². The van der Waals surface area contributed by atoms with E-state index in [9.17, 15) is 37.8 Å². The molecule has 14 heteroatoms. The molecule has 1 aromatic heterocycles. The number of hydrogen-bond donors (Lipinski definition) is 3. The molecule has 2 saturated heterocycles. The van der Waals surface area contributed by atoms with Crippen LogP contribution in [-0.2, 0) is 25.7 Å². The molecular weight excluding hydrogens is 615 g/mol. The average molecular weight is 646 g/mol. The van der Waals surface area contributed by atoms with Crippen molar-refractivity contribution >= 4 is 35.2 Å². The first-order chi connectivity index (χ1) is 21.5. The highest BCUT2D eigenvalue weighted by Gasteiger charge is 2.47. The van der Waals surface area contributed by atoms with Crippen molar-refractivity contribution in [2.75, 3.05) is 17.6 Å². The second kappa shape index (κ2) is 14.0. The number of hydrogen-bond acceptors (Lipinski definition) is 8. The Labute approximate surface area is 260 Å². The summed E-state index contributed by atoms with van der Waals surface area (Å²) in [4.78, 5) is 41.2. The number of pyridine rings is 1. The van der Waals surface area contributed by atoms with E-state index in [1.807, 2.05) is 12.1 Å². The zero-order valence-corrected chi connectivity index (χ0v) is 24.6. The van der Waals surface area contributed by atoms with Crippen molar-refractivity contribution in [1.29, 1.82) is 0 Å². The number of aliphatic hydroxyl groups excluding tert-OH is 1. The number of rotatable bonds is 9. The van der Waals surface area contributed by atoms with E-state index in [1.165, 1.54) is 24.0 Å². The predicted molar refractivity (Wildman–Crippen MR) is 156 cm³/mol. The minimum atomic E-state index is -5.08. The Balaban J connectivity index is 1.34. The average Bonchev–Trinajstić information content (AvgIpc) is 3.53. The van der Waals surface area contributed by atoms with Crippen molar-refractivity contribution in [2.24, 2.45) is 0 Å². The van der Waals surface area contributed by atoms with Gasteiger partial charge in [-0.25, -0.2) is 9.78 Å². The maximum atomic E-state index is 13.1. The van der Waals surface area contributed by atoms with Gasteiger partial charge in [0.2, 0.25) is 5.91 Å². The first kappa shape index (κ1) is 32.4. The highest BCUT2D eigenvalue weighted by atomic mass is 32.2. The predicted octanol–water partition coefficient (Wildman–Crippen LogP) is 5.10. The van der Waals surface area contributed by atoms with E-state index in [1.54, 1.807) is 42.5 Å². The van der Waals surface area contributed by atoms with Crippen LogP contribution in [0.15, 0.2) is 71.9 Å². The lowest BCUT2D eigenvalue weighted by Crippen LogP contribution is -2.48. The number of thioether (sulfide) groups is 1. The molecule has 3 N–H and O–H groups in total. The lowest BCUT2D eigenvalue weighted by molar-refractivity contribution is -0.245. The van der Waals surface area contributed by atoms with E-state index in [0.29, 0.717) is 27.7 Å². The van der Waals surface area contributed by atoms with E-state index < -0.39 is 48.5 Å². The van der Waals surface area contributed by atoms with Crippen LogP contribution < -0.4 is 5.32 Å². The van der Waals surface area contributed by atoms with Crippen LogP contribution in [0.2, 0.25) is 0 Å². The minimum absolute atomic E-state index is 0.0726. The molecule has 0 spiro atoms. The fourth-order valence-electron chi connectivity index (χ4n) is 5.30. The quantitative estimate of drug-likeness (QED) is 0.271. The van der Waals surface area contributed by atoms with E-state index in [4.69, 9.17) is 9.47 Å². The van der Waals surface area contributed by atoms with Crippen LogP contribution >= 0.6 is 11.8 Å². The summed E-state index contributed by atoms with van der Waals surface area (Å²) in [5, 5.41) is 22.0. The van der Waals surface area contributed by atoms with Gasteiger partial charge in [-0.2, -0.15) is 13.2 Å². The van der Waals surface area contributed by atoms with Gasteiger partial charge in [-0.3, -0.25) is 9.59 Å². The molecule has 5 rings (SSSR count). The maximum absolute atomic E-state index is 13.1. The molecule has 10 nitrogen and oxygen atoms in total. The number of anilines is 1. The Hall–Kier alpha value is -3.98. The van der Waals surface area contributed by atoms with Gasteiger partial charge < -0.3 is 29.9 Å². The van der Waals surface area contributed by atoms with Crippen LogP contribution in [-0.4, -0.2) is 68.5 Å². The van der Waals surface area contributed by atoms with Crippen LogP contribution in [0.5, 0.6) is 0 Å². The number of amides is 2. The molecule has 0 saturated carbocycles. The number of aliphatic hydroxyl groups is 1. The van der Waals surface area contributed by atoms with Crippen LogP contribution in [0.4, 0.5) is 18.9 Å². The molecule has 4 unspecified atom stereocenters. The van der Waals surface area contributed by atoms with Crippen LogP contribution in [0.25, 0.3) is 0 Å². The molecule has 3 aromatic rings. The van der Waals surface area contributed by atoms with Gasteiger partial charge in [0, 0.05) is 36.2 Å². The summed E-state index contributed by atoms with van der Waals surface area (Å²) in [6.07, 6.45) is -4.53. The number of carbonyl (C=O) groups is 3. The molecule has 2 aliphatic rings. The smallest absolute Gasteiger partial charge is 0.471 e. The van der Waals surface area contributed by atoms with Gasteiger partial charge in [0.1, 0.15) is 11.1 Å². The zero-order valence-electron chi connectivity index (χ0n) is 23.8. The Kier molecular flexibility index (Phi) is 10.1. The maximum Gasteiger partial charge on any atom is 0.471 e. The van der Waals surface area contributed by atoms with Crippen LogP contribution in [0.1, 0.15) is 58.7 Å². The molecule has 4 atom stereocenters. The zero-order chi connectivity index (χ0) is 32.1. The lowest BCUT2D eigenvalue weighted by atomic mass is 10.0. The van der Waals surface area contributed by atoms with E-state index in [-0.39, 0.29) is 37.2 Å². The molecule has 45 heavy (non-hydrogen) atoms. The molecule has 3 heterocycles. The fraction of sp³-hybridized carbons (Fsp3) is 0.355. The molecule has 2 aliphatic heterocycles. The largest absolute Gasteiger partial charge is 0.478 e. The standard InChI is InChI=1S/C31H30F3N3O7S/c32-31(33,34)30(42)37-13-3-7-24(37)26(39)36-21-5-1-4-20(14-21)29-43-22(17-45-27-23(28(40)41)6-2-12-35-27)15-25(44-29)19-10-8-18(16-38)9-11-19/h1-2,4-6,8-12,14,22,24-25,29,38H,3,7,13,15-17H2,(H,36,39)(H,40,41). The van der Waals surface area contributed by atoms with Gasteiger partial charge in [0.25, 0.3) is 0 Å². The number of carbonyl (C=O) groups excluding carboxylic acids is 2. The lowest BCUT2D eigenvalue weighted by Gasteiger charge is -2.36. The number of halogens is 3. The molecule has 2 fully saturated rings. The van der Waals surface area contributed by atoms with E-state index >= 15 is 0 Å². The Morgan fingerprint density at radius 3 is 2.53 bits per heavy atom. The van der Waals surface area contributed by atoms with Crippen LogP contribution in [0.3, 0.4) is 0 Å². The second-order valence-corrected chi connectivity index (χ2v) is 11.6. The van der Waals surface area contributed by atoms with Crippen molar-refractivity contribution in [3.8, 4) is 0 Å². The summed E-state index contributed by atoms with van der Waals surface area (Å²) in [6, 6.07) is 15.5. The summed E-state index contributed by atoms with van der Waals surface area (Å²) in [5.41, 5.74) is 2.45. The van der Waals surface area contributed by atoms with Crippen molar-refractivity contribution in [2.45, 2.75) is 61.6 Å². The summed E-state index contributed by atoms with van der Waals surface area (Å²) in [6.45, 7) is -0.277. The Morgan fingerprint density at radius 1 is 1.04 bits per heavy atom. The highest BCUT2D eigenvalue weighted by Crippen LogP contribution is 2.40. The number of aromatic nitrogens is 1. The van der Waals surface area contributed by atoms with Gasteiger partial charge in [-0.15, -0.1) is 11.8 Å². The number of carboxylic acids is 1. The van der Waals surface area contributed by atoms with Gasteiger partial charge in [0.05, 0.1) is 24.4 Å². The van der Waals surface area contributed by atoms with Crippen molar-refractivity contribution < 1.29 is 47.2 Å². The van der Waals surface area contributed by atoms with Gasteiger partial charge in [-0.1, -0.05) is 36.4 Å². The monoisotopic (exact) mass is 645 g/mol. The summed E-state index contributed by atoms with van der Waals surface area (Å²) < 4.78 is 51.8. The third-order valence-corrected chi connectivity index (χ3v) is 8.64. The first-order valence-electron chi connectivity index (χ1n) is 14.1. The third kappa shape index (κ3) is 7.82. The summed E-state index contributed by atoms with van der Waals surface area (Å²) in [5.74, 6) is -3.51. The Morgan fingerprint density at radius 2 is 1.82 bits per heavy atom. The molecule has 2 amide bonds. The number of carboxylic acid groups (broad SMARTS) is 1. The number of alkyl halides is 3. The van der Waals surface area contributed by atoms with Gasteiger partial charge in [-0.05, 0) is 48.2 Å². The summed E-state index contributed by atoms with van der Waals surface area (Å²) >= 11 is 1.24. The second-order valence-electron chi connectivity index (χ2n) is 10.6. The molecular formula is C31H30F3N3O7S.